The van der Waals surface area contributed by atoms with Gasteiger partial charge in [-0.2, -0.15) is 13.5 Å². The molecule has 6 amide bonds. The van der Waals surface area contributed by atoms with Gasteiger partial charge in [-0.25, -0.2) is 24.4 Å². The Morgan fingerprint density at radius 3 is 2.35 bits per heavy atom. The number of aliphatic hydroxyl groups is 3. The number of fused-ring (bicyclic) bond motifs is 2. The number of hydrogen-bond donors (Lipinski definition) is 12. The Bertz CT molecular complexity index is 4800. The van der Waals surface area contributed by atoms with Crippen LogP contribution in [0.3, 0.4) is 0 Å². The minimum absolute atomic E-state index is 0.0244. The third-order valence-electron chi connectivity index (χ3n) is 23.5. The van der Waals surface area contributed by atoms with Crippen LogP contribution in [-0.4, -0.2) is 246 Å². The lowest BCUT2D eigenvalue weighted by atomic mass is 9.65. The molecule has 0 spiro atoms. The Labute approximate surface area is 667 Å². The number of anilines is 3. The van der Waals surface area contributed by atoms with Crippen LogP contribution in [-0.2, 0) is 90.4 Å². The van der Waals surface area contributed by atoms with Gasteiger partial charge in [-0.15, -0.1) is 0 Å². The van der Waals surface area contributed by atoms with Crippen LogP contribution >= 0.6 is 11.3 Å². The summed E-state index contributed by atoms with van der Waals surface area (Å²) in [7, 11) is -2.79. The van der Waals surface area contributed by atoms with Gasteiger partial charge in [-0.1, -0.05) is 69.4 Å². The van der Waals surface area contributed by atoms with E-state index in [0.717, 1.165) is 59.1 Å². The van der Waals surface area contributed by atoms with Gasteiger partial charge < -0.3 is 85.6 Å². The number of carbonyl (C=O) groups excluding carboxylic acids is 6. The van der Waals surface area contributed by atoms with E-state index in [1.54, 1.807) is 51.4 Å². The van der Waals surface area contributed by atoms with Crippen molar-refractivity contribution in [1.29, 1.82) is 0 Å². The number of carbonyl (C=O) groups is 9. The van der Waals surface area contributed by atoms with Gasteiger partial charge in [0.15, 0.2) is 16.9 Å². The molecule has 4 bridgehead atoms. The fourth-order valence-corrected chi connectivity index (χ4v) is 19.4. The number of aryl methyl sites for hydroxylation is 1. The van der Waals surface area contributed by atoms with Crippen LogP contribution in [0.5, 0.6) is 0 Å². The molecule has 12 N–H and O–H groups in total. The molecule has 3 aromatic carbocycles. The summed E-state index contributed by atoms with van der Waals surface area (Å²) in [6, 6.07) is 17.4. The number of aromatic carboxylic acids is 1. The van der Waals surface area contributed by atoms with E-state index < -0.39 is 143 Å². The molecule has 115 heavy (non-hydrogen) atoms. The zero-order chi connectivity index (χ0) is 82.8. The number of thiazole rings is 1. The van der Waals surface area contributed by atoms with Crippen molar-refractivity contribution in [1.82, 2.24) is 45.5 Å². The summed E-state index contributed by atoms with van der Waals surface area (Å²) in [6.07, 6.45) is -2.95. The zero-order valence-electron chi connectivity index (χ0n) is 65.0. The van der Waals surface area contributed by atoms with Gasteiger partial charge in [0.2, 0.25) is 23.6 Å². The maximum absolute atomic E-state index is 13.9. The number of aliphatic hydroxyl groups excluding tert-OH is 3. The lowest BCUT2D eigenvalue weighted by molar-refractivity contribution is -0.228. The molecule has 6 fully saturated rings. The van der Waals surface area contributed by atoms with Crippen LogP contribution in [0.4, 0.5) is 21.4 Å². The van der Waals surface area contributed by atoms with Gasteiger partial charge >= 0.3 is 24.0 Å². The Balaban J connectivity index is 0.665. The van der Waals surface area contributed by atoms with Crippen LogP contribution in [0.15, 0.2) is 79.0 Å². The molecule has 6 aromatic rings. The molecule has 34 nitrogen and oxygen atoms in total. The molecule has 13 atom stereocenters. The monoisotopic (exact) mass is 1630 g/mol. The summed E-state index contributed by atoms with van der Waals surface area (Å²) in [6.45, 7) is 11.6. The van der Waals surface area contributed by atoms with Crippen LogP contribution in [0.25, 0.3) is 21.3 Å². The number of rotatable bonds is 35. The highest BCUT2D eigenvalue weighted by atomic mass is 32.2. The molecule has 2 saturated heterocycles. The number of carboxylic acids is 3. The largest absolute Gasteiger partial charge is 0.481 e. The maximum atomic E-state index is 13.9. The van der Waals surface area contributed by atoms with E-state index >= 15 is 0 Å². The smallest absolute Gasteiger partial charge is 0.409 e. The first-order chi connectivity index (χ1) is 54.4. The number of carboxylic acid groups (broad SMARTS) is 3. The number of pyridine rings is 1. The molecular formula is C79H100N12O22S2. The first-order valence-corrected chi connectivity index (χ1v) is 40.9. The Hall–Kier alpha value is -9.63. The van der Waals surface area contributed by atoms with Crippen molar-refractivity contribution in [3.8, 4) is 11.1 Å². The summed E-state index contributed by atoms with van der Waals surface area (Å²) in [5.74, 6) is -7.70. The fourth-order valence-electron chi connectivity index (χ4n) is 18.2. The third kappa shape index (κ3) is 19.1. The van der Waals surface area contributed by atoms with E-state index in [4.69, 9.17) is 34.1 Å². The summed E-state index contributed by atoms with van der Waals surface area (Å²) < 4.78 is 58.6. The summed E-state index contributed by atoms with van der Waals surface area (Å²) in [4.78, 5) is 133. The van der Waals surface area contributed by atoms with E-state index in [9.17, 15) is 81.7 Å². The van der Waals surface area contributed by atoms with E-state index in [1.807, 2.05) is 59.0 Å². The first-order valence-electron chi connectivity index (χ1n) is 38.5. The van der Waals surface area contributed by atoms with E-state index in [2.05, 4.69) is 45.4 Å². The molecule has 13 rings (SSSR count). The van der Waals surface area contributed by atoms with E-state index in [-0.39, 0.29) is 98.5 Å². The Morgan fingerprint density at radius 1 is 0.843 bits per heavy atom. The van der Waals surface area contributed by atoms with Gasteiger partial charge in [-0.05, 0) is 171 Å². The quantitative estimate of drug-likeness (QED) is 0.0180. The standard InChI is InChI=1S/C79H100N12O22S2/c1-43(2)62(86-60(92)34-90-50(36-110-28-29-115(107,108)109)31-56(71(90)101)80-24-11-16-61(93)94)70(100)82-44(3)68(98)83-49-19-17-48(47(30-49)18-21-57-64(95)65(96)66(97)67(113-57)73(104)105)35-111-75(106)88(7)26-27-112-79-39-76(5)37-77(6,40-79)78(38-76,41-79)42-91-45(4)53(32-81-91)51-20-22-59(85-63(51)72(102)103)89-25-23-46-12-10-13-52(54(46)33-89)69(99)87-74-84-55-14-8-9-15-58(55)114-74/h8-10,12-15,17,19-20,22,30,32,43-44,50,56-57,62,64-67,80,95-97H,11,16,18,21,23-29,31,33-42H2,1-7H3,(H,82,100)(H,83,98)(H,86,92)(H,93,94)(H,102,103)(H,104,105)(H,84,87,99)(H,107,108,109)/t44-,50-,56-,57-,62-,64-,65+,66-,67-,76?,77?,78?,79?/m0/s1. The fraction of sp³-hybridized carbons (Fsp3) is 0.544. The molecule has 4 unspecified atom stereocenters. The minimum atomic E-state index is -4.37. The molecule has 6 heterocycles. The van der Waals surface area contributed by atoms with Gasteiger partial charge in [-0.3, -0.25) is 43.3 Å². The predicted molar refractivity (Wildman–Crippen MR) is 417 cm³/mol. The second kappa shape index (κ2) is 34.7. The molecule has 7 aliphatic rings. The van der Waals surface area contributed by atoms with Gasteiger partial charge in [0.25, 0.3) is 16.0 Å². The average Bonchev–Trinajstić information content (AvgIpc) is 1.50. The van der Waals surface area contributed by atoms with Crippen LogP contribution < -0.4 is 31.5 Å². The molecule has 3 aromatic heterocycles. The summed E-state index contributed by atoms with van der Waals surface area (Å²) in [5.41, 5.74) is 4.90. The number of aliphatic carboxylic acids is 2. The van der Waals surface area contributed by atoms with Crippen molar-refractivity contribution < 1.29 is 106 Å². The van der Waals surface area contributed by atoms with Crippen molar-refractivity contribution in [3.05, 3.63) is 118 Å². The normalized spacial score (nSPS) is 25.4. The number of nitrogens with one attached hydrogen (secondary N) is 5. The molecule has 620 valence electrons. The second-order valence-corrected chi connectivity index (χ2v) is 35.0. The molecular weight excluding hydrogens is 1530 g/mol. The number of nitrogens with zero attached hydrogens (tertiary/aromatic N) is 7. The summed E-state index contributed by atoms with van der Waals surface area (Å²) in [5, 5.41) is 81.1. The number of likely N-dealkylation sites (tertiary alicyclic amines) is 1. The number of hydrogen-bond acceptors (Lipinski definition) is 24. The van der Waals surface area contributed by atoms with Crippen LogP contribution in [0.2, 0.25) is 0 Å². The van der Waals surface area contributed by atoms with Gasteiger partial charge in [0.05, 0.1) is 72.3 Å². The van der Waals surface area contributed by atoms with Crippen molar-refractivity contribution >= 4 is 102 Å². The van der Waals surface area contributed by atoms with Crippen LogP contribution in [0, 0.1) is 29.1 Å². The number of para-hydroxylation sites is 1. The number of amides is 6. The topological polar surface area (TPSA) is 480 Å². The van der Waals surface area contributed by atoms with Crippen molar-refractivity contribution in [2.75, 3.05) is 74.3 Å². The van der Waals surface area contributed by atoms with Crippen molar-refractivity contribution in [2.45, 2.75) is 192 Å². The van der Waals surface area contributed by atoms with Crippen molar-refractivity contribution in [2.24, 2.45) is 22.2 Å². The molecule has 0 radical (unpaired) electrons. The van der Waals surface area contributed by atoms with Crippen molar-refractivity contribution in [3.63, 3.8) is 0 Å². The lowest BCUT2D eigenvalue weighted by Crippen LogP contribution is -2.59. The SMILES string of the molecule is Cc1c(-c2ccc(N3CCc4cccc(C(=O)Nc5nc6ccccc6s5)c4C3)nc2C(=O)O)cnn1CC12CC3(C)CC(OCCN(C)C(=O)OCc4ccc(NC(=O)[C@H](C)NC(=O)[C@@H](NC(=O)CN5C(=O)[C@@H](NCCCC(=O)O)C[C@H]5COCCS(=O)(=O)O)C(C)C)cc4CC[C@@H]4O[C@H](C(=O)O)[C@@H](O)[C@H](O)[C@H]4O)(CC1(C)C3)C2. The third-order valence-corrected chi connectivity index (χ3v) is 25.1. The second-order valence-electron chi connectivity index (χ2n) is 32.4. The highest BCUT2D eigenvalue weighted by Gasteiger charge is 2.74. The molecule has 36 heteroatoms. The molecule has 3 aliphatic heterocycles. The van der Waals surface area contributed by atoms with Gasteiger partial charge in [0, 0.05) is 67.7 Å². The molecule has 4 aliphatic carbocycles. The van der Waals surface area contributed by atoms with Crippen LogP contribution in [0.1, 0.15) is 141 Å². The summed E-state index contributed by atoms with van der Waals surface area (Å²) >= 11 is 1.39. The Kier molecular flexibility index (Phi) is 25.5. The lowest BCUT2D eigenvalue weighted by Gasteiger charge is -2.46. The number of benzene rings is 3. The average molecular weight is 1630 g/mol. The van der Waals surface area contributed by atoms with Gasteiger partial charge in [0.1, 0.15) is 42.8 Å². The number of ether oxygens (including phenoxy) is 4. The Morgan fingerprint density at radius 2 is 1.62 bits per heavy atom. The molecule has 4 saturated carbocycles. The van der Waals surface area contributed by atoms with E-state index in [1.165, 1.54) is 34.1 Å². The predicted octanol–water partition coefficient (Wildman–Crippen LogP) is 5.17. The van der Waals surface area contributed by atoms with E-state index in [0.29, 0.717) is 64.8 Å². The highest BCUT2D eigenvalue weighted by Crippen LogP contribution is 2.78. The minimum Gasteiger partial charge on any atom is -0.481 e. The maximum Gasteiger partial charge on any atom is 0.409 e. The first kappa shape index (κ1) is 84.8. The number of likely N-dealkylation sites (N-methyl/N-ethyl adjacent to an activating group) is 1. The number of aromatic nitrogens is 4. The highest BCUT2D eigenvalue weighted by molar-refractivity contribution is 7.85. The zero-order valence-corrected chi connectivity index (χ0v) is 66.7.